The number of nitrogens with zero attached hydrogens (tertiary/aromatic N) is 4. The Morgan fingerprint density at radius 2 is 1.96 bits per heavy atom. The lowest BCUT2D eigenvalue weighted by molar-refractivity contribution is 0.122. The molecule has 136 valence electrons. The van der Waals surface area contributed by atoms with Crippen LogP contribution in [0.4, 0.5) is 5.82 Å². The molecule has 1 aliphatic rings. The molecule has 9 nitrogen and oxygen atoms in total. The summed E-state index contributed by atoms with van der Waals surface area (Å²) in [5.41, 5.74) is 1.39. The molecule has 3 aromatic rings. The monoisotopic (exact) mass is 374 g/mol. The molecule has 0 unspecified atom stereocenters. The smallest absolute Gasteiger partial charge is 0.320 e. The lowest BCUT2D eigenvalue weighted by Gasteiger charge is -2.28. The van der Waals surface area contributed by atoms with E-state index >= 15 is 0 Å². The molecule has 10 heteroatoms. The standard InChI is InChI=1S/C16H18N6O3S/c26-16-18-12-13(20-16)19-15(21-14(12)22-5-7-23-8-6-22)25-10-9-24-11-3-1-2-4-17-11/h1-4H,5-10H2,(H2,18,19,20,21,26). The maximum Gasteiger partial charge on any atom is 0.320 e. The number of hydrogen-bond acceptors (Lipinski definition) is 8. The summed E-state index contributed by atoms with van der Waals surface area (Å²) in [6.45, 7) is 3.46. The van der Waals surface area contributed by atoms with E-state index in [0.29, 0.717) is 42.7 Å². The number of hydrogen-bond donors (Lipinski definition) is 2. The van der Waals surface area contributed by atoms with Crippen LogP contribution in [0.1, 0.15) is 0 Å². The molecule has 0 atom stereocenters. The SMILES string of the molecule is S=c1[nH]c2nc(OCCOc3ccccn3)nc(N3CCOCC3)c2[nH]1. The highest BCUT2D eigenvalue weighted by Gasteiger charge is 2.19. The number of nitrogens with one attached hydrogen (secondary N) is 2. The number of anilines is 1. The Hall–Kier alpha value is -2.72. The van der Waals surface area contributed by atoms with Crippen LogP contribution in [0.25, 0.3) is 11.2 Å². The second-order valence-electron chi connectivity index (χ2n) is 5.60. The maximum atomic E-state index is 5.68. The molecule has 4 rings (SSSR count). The van der Waals surface area contributed by atoms with Gasteiger partial charge in [0.05, 0.1) is 13.2 Å². The average molecular weight is 374 g/mol. The first kappa shape index (κ1) is 16.7. The fourth-order valence-electron chi connectivity index (χ4n) is 2.67. The fourth-order valence-corrected chi connectivity index (χ4v) is 2.87. The second kappa shape index (κ2) is 7.67. The molecule has 0 amide bonds. The van der Waals surface area contributed by atoms with Crippen molar-refractivity contribution >= 4 is 29.2 Å². The normalized spacial score (nSPS) is 14.5. The van der Waals surface area contributed by atoms with Gasteiger partial charge in [-0.3, -0.25) is 0 Å². The molecule has 0 radical (unpaired) electrons. The molecule has 1 aliphatic heterocycles. The molecule has 0 aliphatic carbocycles. The Kier molecular flexibility index (Phi) is 4.93. The quantitative estimate of drug-likeness (QED) is 0.497. The summed E-state index contributed by atoms with van der Waals surface area (Å²) in [7, 11) is 0. The van der Waals surface area contributed by atoms with Crippen molar-refractivity contribution in [3.05, 3.63) is 29.2 Å². The van der Waals surface area contributed by atoms with Crippen molar-refractivity contribution in [2.24, 2.45) is 0 Å². The van der Waals surface area contributed by atoms with E-state index < -0.39 is 0 Å². The number of pyridine rings is 1. The van der Waals surface area contributed by atoms with Gasteiger partial charge in [-0.1, -0.05) is 6.07 Å². The largest absolute Gasteiger partial charge is 0.474 e. The minimum atomic E-state index is 0.272. The van der Waals surface area contributed by atoms with Crippen LogP contribution >= 0.6 is 12.2 Å². The third kappa shape index (κ3) is 3.75. The van der Waals surface area contributed by atoms with Crippen LogP contribution in [0.5, 0.6) is 11.9 Å². The van der Waals surface area contributed by atoms with Crippen molar-refractivity contribution in [1.82, 2.24) is 24.9 Å². The van der Waals surface area contributed by atoms with Gasteiger partial charge in [-0.15, -0.1) is 0 Å². The lowest BCUT2D eigenvalue weighted by Crippen LogP contribution is -2.37. The van der Waals surface area contributed by atoms with Crippen LogP contribution < -0.4 is 14.4 Å². The molecule has 0 saturated carbocycles. The molecule has 2 N–H and O–H groups in total. The van der Waals surface area contributed by atoms with Crippen LogP contribution in [-0.2, 0) is 4.74 Å². The van der Waals surface area contributed by atoms with Gasteiger partial charge in [-0.05, 0) is 18.3 Å². The number of fused-ring (bicyclic) bond motifs is 1. The topological polar surface area (TPSA) is 101 Å². The molecule has 3 aromatic heterocycles. The summed E-state index contributed by atoms with van der Waals surface area (Å²) in [5.74, 6) is 1.31. The molecular formula is C16H18N6O3S. The number of H-pyrrole nitrogens is 2. The number of aromatic amines is 2. The average Bonchev–Trinajstić information content (AvgIpc) is 3.06. The number of morpholine rings is 1. The summed E-state index contributed by atoms with van der Waals surface area (Å²) in [6, 6.07) is 5.76. The van der Waals surface area contributed by atoms with Gasteiger partial charge in [0.15, 0.2) is 16.2 Å². The van der Waals surface area contributed by atoms with Gasteiger partial charge in [-0.2, -0.15) is 9.97 Å². The summed E-state index contributed by atoms with van der Waals surface area (Å²) in [5, 5.41) is 0. The highest BCUT2D eigenvalue weighted by Crippen LogP contribution is 2.24. The van der Waals surface area contributed by atoms with E-state index in [2.05, 4.69) is 29.8 Å². The summed E-state index contributed by atoms with van der Waals surface area (Å²) in [6.07, 6.45) is 1.68. The molecule has 1 fully saturated rings. The van der Waals surface area contributed by atoms with E-state index in [4.69, 9.17) is 26.4 Å². The van der Waals surface area contributed by atoms with Crippen molar-refractivity contribution in [3.63, 3.8) is 0 Å². The van der Waals surface area contributed by atoms with Gasteiger partial charge < -0.3 is 29.1 Å². The van der Waals surface area contributed by atoms with Crippen LogP contribution in [0.2, 0.25) is 0 Å². The second-order valence-corrected chi connectivity index (χ2v) is 6.01. The fraction of sp³-hybridized carbons (Fsp3) is 0.375. The van der Waals surface area contributed by atoms with E-state index in [0.717, 1.165) is 24.4 Å². The Bertz CT molecular complexity index is 923. The van der Waals surface area contributed by atoms with Crippen LogP contribution in [0, 0.1) is 4.77 Å². The third-order valence-electron chi connectivity index (χ3n) is 3.85. The first-order valence-corrected chi connectivity index (χ1v) is 8.70. The van der Waals surface area contributed by atoms with Gasteiger partial charge in [0.25, 0.3) is 0 Å². The van der Waals surface area contributed by atoms with Gasteiger partial charge >= 0.3 is 6.01 Å². The third-order valence-corrected chi connectivity index (χ3v) is 4.06. The molecule has 0 aromatic carbocycles. The van der Waals surface area contributed by atoms with Gasteiger partial charge in [0.2, 0.25) is 5.88 Å². The number of imidazole rings is 1. The molecule has 1 saturated heterocycles. The van der Waals surface area contributed by atoms with E-state index in [1.807, 2.05) is 12.1 Å². The zero-order valence-electron chi connectivity index (χ0n) is 14.0. The van der Waals surface area contributed by atoms with E-state index in [-0.39, 0.29) is 6.01 Å². The van der Waals surface area contributed by atoms with Gasteiger partial charge in [0, 0.05) is 25.4 Å². The van der Waals surface area contributed by atoms with Gasteiger partial charge in [0.1, 0.15) is 18.7 Å². The zero-order valence-corrected chi connectivity index (χ0v) is 14.8. The Balaban J connectivity index is 1.48. The number of ether oxygens (including phenoxy) is 3. The number of rotatable bonds is 6. The summed E-state index contributed by atoms with van der Waals surface area (Å²) < 4.78 is 17.1. The van der Waals surface area contributed by atoms with Crippen LogP contribution in [0.15, 0.2) is 24.4 Å². The summed E-state index contributed by atoms with van der Waals surface area (Å²) in [4.78, 5) is 21.3. The first-order valence-electron chi connectivity index (χ1n) is 8.29. The minimum absolute atomic E-state index is 0.272. The van der Waals surface area contributed by atoms with Crippen molar-refractivity contribution in [1.29, 1.82) is 0 Å². The van der Waals surface area contributed by atoms with Crippen molar-refractivity contribution in [2.75, 3.05) is 44.4 Å². The Morgan fingerprint density at radius 3 is 2.77 bits per heavy atom. The molecule has 26 heavy (non-hydrogen) atoms. The minimum Gasteiger partial charge on any atom is -0.474 e. The predicted octanol–water partition coefficient (Wildman–Crippen LogP) is 1.70. The van der Waals surface area contributed by atoms with Gasteiger partial charge in [-0.25, -0.2) is 4.98 Å². The van der Waals surface area contributed by atoms with Crippen molar-refractivity contribution < 1.29 is 14.2 Å². The van der Waals surface area contributed by atoms with Crippen molar-refractivity contribution in [2.45, 2.75) is 0 Å². The molecule has 4 heterocycles. The Labute approximate surface area is 154 Å². The molecule has 0 spiro atoms. The maximum absolute atomic E-state index is 5.68. The van der Waals surface area contributed by atoms with E-state index in [1.54, 1.807) is 12.3 Å². The first-order chi connectivity index (χ1) is 12.8. The highest BCUT2D eigenvalue weighted by atomic mass is 32.1. The lowest BCUT2D eigenvalue weighted by atomic mass is 10.4. The summed E-state index contributed by atoms with van der Waals surface area (Å²) >= 11 is 5.19. The highest BCUT2D eigenvalue weighted by molar-refractivity contribution is 7.71. The van der Waals surface area contributed by atoms with Crippen molar-refractivity contribution in [3.8, 4) is 11.9 Å². The van der Waals surface area contributed by atoms with Crippen LogP contribution in [0.3, 0.4) is 0 Å². The van der Waals surface area contributed by atoms with Crippen LogP contribution in [-0.4, -0.2) is 64.4 Å². The Morgan fingerprint density at radius 1 is 1.12 bits per heavy atom. The molecule has 0 bridgehead atoms. The zero-order chi connectivity index (χ0) is 17.8. The van der Waals surface area contributed by atoms with E-state index in [1.165, 1.54) is 0 Å². The number of aromatic nitrogens is 5. The molecular weight excluding hydrogens is 356 g/mol. The van der Waals surface area contributed by atoms with E-state index in [9.17, 15) is 0 Å². The predicted molar refractivity (Wildman–Crippen MR) is 97.3 cm³/mol.